The summed E-state index contributed by atoms with van der Waals surface area (Å²) in [5.41, 5.74) is 7.03. The Bertz CT molecular complexity index is 554. The molecule has 0 fully saturated rings. The molecule has 4 N–H and O–H groups in total. The topological polar surface area (TPSA) is 92.9 Å². The Morgan fingerprint density at radius 2 is 2.17 bits per heavy atom. The lowest BCUT2D eigenvalue weighted by Crippen LogP contribution is -2.05. The van der Waals surface area contributed by atoms with Gasteiger partial charge in [-0.25, -0.2) is 0 Å². The number of amides is 1. The molecule has 0 saturated heterocycles. The van der Waals surface area contributed by atoms with E-state index in [1.165, 1.54) is 18.3 Å². The summed E-state index contributed by atoms with van der Waals surface area (Å²) >= 11 is 1.40. The van der Waals surface area contributed by atoms with E-state index in [4.69, 9.17) is 5.73 Å². The van der Waals surface area contributed by atoms with Crippen molar-refractivity contribution in [3.05, 3.63) is 29.3 Å². The molecule has 0 unspecified atom stereocenters. The Balaban J connectivity index is 2.11. The number of hydrogen-bond acceptors (Lipinski definition) is 6. The number of nitrogens with two attached hydrogens (primary N) is 1. The first-order chi connectivity index (χ1) is 8.67. The van der Waals surface area contributed by atoms with Gasteiger partial charge in [-0.15, -0.1) is 10.2 Å². The second-order valence-electron chi connectivity index (χ2n) is 3.59. The molecule has 0 saturated carbocycles. The fraction of sp³-hybridized carbons (Fsp3) is 0.182. The minimum absolute atomic E-state index is 0.103. The van der Waals surface area contributed by atoms with E-state index in [1.807, 2.05) is 24.3 Å². The number of carbonyl (C=O) groups excluding carboxylic acids is 1. The lowest BCUT2D eigenvalue weighted by molar-refractivity contribution is -0.114. The van der Waals surface area contributed by atoms with Gasteiger partial charge in [-0.05, 0) is 18.2 Å². The van der Waals surface area contributed by atoms with E-state index in [9.17, 15) is 4.79 Å². The highest BCUT2D eigenvalue weighted by molar-refractivity contribution is 7.15. The highest BCUT2D eigenvalue weighted by Gasteiger charge is 2.03. The number of aromatic nitrogens is 2. The summed E-state index contributed by atoms with van der Waals surface area (Å²) in [4.78, 5) is 11.0. The lowest BCUT2D eigenvalue weighted by Gasteiger charge is -2.05. The van der Waals surface area contributed by atoms with Crippen molar-refractivity contribution in [2.45, 2.75) is 13.5 Å². The predicted octanol–water partition coefficient (Wildman–Crippen LogP) is 1.70. The summed E-state index contributed by atoms with van der Waals surface area (Å²) in [5, 5.41) is 15.2. The third kappa shape index (κ3) is 3.25. The average Bonchev–Trinajstić information content (AvgIpc) is 2.76. The van der Waals surface area contributed by atoms with Crippen LogP contribution in [-0.4, -0.2) is 16.1 Å². The molecule has 18 heavy (non-hydrogen) atoms. The Morgan fingerprint density at radius 3 is 2.83 bits per heavy atom. The van der Waals surface area contributed by atoms with Crippen molar-refractivity contribution in [2.75, 3.05) is 10.6 Å². The molecule has 6 nitrogen and oxygen atoms in total. The second-order valence-corrected chi connectivity index (χ2v) is 4.65. The molecule has 2 aromatic rings. The molecule has 1 heterocycles. The van der Waals surface area contributed by atoms with Crippen LogP contribution in [-0.2, 0) is 11.3 Å². The molecular formula is C11H13N5OS. The number of anilines is 3. The number of carbonyl (C=O) groups is 1. The van der Waals surface area contributed by atoms with Gasteiger partial charge < -0.3 is 16.4 Å². The van der Waals surface area contributed by atoms with Gasteiger partial charge in [0, 0.05) is 24.8 Å². The van der Waals surface area contributed by atoms with Crippen molar-refractivity contribution < 1.29 is 4.79 Å². The van der Waals surface area contributed by atoms with Crippen LogP contribution in [0.1, 0.15) is 11.9 Å². The molecule has 1 amide bonds. The molecule has 0 aliphatic carbocycles. The SMILES string of the molecule is CC(=O)Nc1cccc(Nc2nnc(CN)s2)c1. The highest BCUT2D eigenvalue weighted by atomic mass is 32.1. The minimum atomic E-state index is -0.103. The molecule has 0 radical (unpaired) electrons. The van der Waals surface area contributed by atoms with Crippen molar-refractivity contribution in [2.24, 2.45) is 5.73 Å². The van der Waals surface area contributed by atoms with Gasteiger partial charge in [-0.3, -0.25) is 4.79 Å². The smallest absolute Gasteiger partial charge is 0.221 e. The zero-order valence-corrected chi connectivity index (χ0v) is 10.6. The summed E-state index contributed by atoms with van der Waals surface area (Å²) in [7, 11) is 0. The van der Waals surface area contributed by atoms with Crippen molar-refractivity contribution in [3.63, 3.8) is 0 Å². The summed E-state index contributed by atoms with van der Waals surface area (Å²) in [5.74, 6) is -0.103. The monoisotopic (exact) mass is 263 g/mol. The van der Waals surface area contributed by atoms with E-state index in [-0.39, 0.29) is 5.91 Å². The predicted molar refractivity (Wildman–Crippen MR) is 71.8 cm³/mol. The number of nitrogens with zero attached hydrogens (tertiary/aromatic N) is 2. The molecule has 7 heteroatoms. The van der Waals surface area contributed by atoms with Crippen LogP contribution in [0.2, 0.25) is 0 Å². The molecule has 0 bridgehead atoms. The van der Waals surface area contributed by atoms with E-state index < -0.39 is 0 Å². The van der Waals surface area contributed by atoms with Crippen LogP contribution >= 0.6 is 11.3 Å². The van der Waals surface area contributed by atoms with Gasteiger partial charge in [0.05, 0.1) is 0 Å². The van der Waals surface area contributed by atoms with Gasteiger partial charge in [0.2, 0.25) is 11.0 Å². The maximum Gasteiger partial charge on any atom is 0.221 e. The molecule has 1 aromatic carbocycles. The van der Waals surface area contributed by atoms with E-state index in [0.29, 0.717) is 11.7 Å². The van der Waals surface area contributed by atoms with Crippen LogP contribution < -0.4 is 16.4 Å². The van der Waals surface area contributed by atoms with Crippen LogP contribution in [0.3, 0.4) is 0 Å². The van der Waals surface area contributed by atoms with E-state index in [0.717, 1.165) is 16.4 Å². The summed E-state index contributed by atoms with van der Waals surface area (Å²) in [6.45, 7) is 1.85. The average molecular weight is 263 g/mol. The Labute approximate surface area is 108 Å². The Kier molecular flexibility index (Phi) is 3.85. The number of benzene rings is 1. The first-order valence-electron chi connectivity index (χ1n) is 5.34. The number of hydrogen-bond donors (Lipinski definition) is 3. The maximum absolute atomic E-state index is 11.0. The highest BCUT2D eigenvalue weighted by Crippen LogP contribution is 2.22. The number of rotatable bonds is 4. The molecular weight excluding hydrogens is 250 g/mol. The maximum atomic E-state index is 11.0. The standard InChI is InChI=1S/C11H13N5OS/c1-7(17)13-8-3-2-4-9(5-8)14-11-16-15-10(6-12)18-11/h2-5H,6,12H2,1H3,(H,13,17)(H,14,16). The molecule has 94 valence electrons. The summed E-state index contributed by atoms with van der Waals surface area (Å²) < 4.78 is 0. The summed E-state index contributed by atoms with van der Waals surface area (Å²) in [6.07, 6.45) is 0. The van der Waals surface area contributed by atoms with E-state index in [1.54, 1.807) is 0 Å². The Morgan fingerprint density at radius 1 is 1.39 bits per heavy atom. The van der Waals surface area contributed by atoms with E-state index >= 15 is 0 Å². The first-order valence-corrected chi connectivity index (χ1v) is 6.16. The van der Waals surface area contributed by atoms with Gasteiger partial charge >= 0.3 is 0 Å². The quantitative estimate of drug-likeness (QED) is 0.780. The molecule has 0 spiro atoms. The van der Waals surface area contributed by atoms with Crippen LogP contribution in [0.15, 0.2) is 24.3 Å². The van der Waals surface area contributed by atoms with Crippen molar-refractivity contribution >= 4 is 33.8 Å². The zero-order valence-electron chi connectivity index (χ0n) is 9.80. The Hall–Kier alpha value is -1.99. The molecule has 0 atom stereocenters. The van der Waals surface area contributed by atoms with Crippen molar-refractivity contribution in [1.82, 2.24) is 10.2 Å². The molecule has 0 aliphatic rings. The number of nitrogens with one attached hydrogen (secondary N) is 2. The van der Waals surface area contributed by atoms with Gasteiger partial charge in [0.15, 0.2) is 0 Å². The fourth-order valence-electron chi connectivity index (χ4n) is 1.39. The normalized spacial score (nSPS) is 10.1. The third-order valence-corrected chi connectivity index (χ3v) is 2.94. The van der Waals surface area contributed by atoms with Gasteiger partial charge in [0.1, 0.15) is 5.01 Å². The van der Waals surface area contributed by atoms with Crippen LogP contribution in [0.5, 0.6) is 0 Å². The van der Waals surface area contributed by atoms with E-state index in [2.05, 4.69) is 20.8 Å². The zero-order chi connectivity index (χ0) is 13.0. The largest absolute Gasteiger partial charge is 0.330 e. The summed E-state index contributed by atoms with van der Waals surface area (Å²) in [6, 6.07) is 7.37. The van der Waals surface area contributed by atoms with Crippen molar-refractivity contribution in [3.8, 4) is 0 Å². The van der Waals surface area contributed by atoms with Gasteiger partial charge in [0.25, 0.3) is 0 Å². The molecule has 2 rings (SSSR count). The molecule has 1 aromatic heterocycles. The fourth-order valence-corrected chi connectivity index (χ4v) is 2.03. The lowest BCUT2D eigenvalue weighted by atomic mass is 10.3. The van der Waals surface area contributed by atoms with Gasteiger partial charge in [-0.2, -0.15) is 0 Å². The second kappa shape index (κ2) is 5.56. The van der Waals surface area contributed by atoms with Crippen molar-refractivity contribution in [1.29, 1.82) is 0 Å². The minimum Gasteiger partial charge on any atom is -0.330 e. The first kappa shape index (κ1) is 12.5. The van der Waals surface area contributed by atoms with Crippen LogP contribution in [0.25, 0.3) is 0 Å². The van der Waals surface area contributed by atoms with Crippen LogP contribution in [0.4, 0.5) is 16.5 Å². The van der Waals surface area contributed by atoms with Gasteiger partial charge in [-0.1, -0.05) is 17.4 Å². The van der Waals surface area contributed by atoms with Crippen LogP contribution in [0, 0.1) is 0 Å². The molecule has 0 aliphatic heterocycles. The third-order valence-electron chi connectivity index (χ3n) is 2.08.